The SMILES string of the molecule is CC(=O)N[C@@H](CO)C(OCCCCCC(=O)NCCCCCC(=O)N1C[C@H](O/C=C\C2CCCC2)C[C@H]1CO)OC(CO)[C@@H](C)O. The van der Waals surface area contributed by atoms with Gasteiger partial charge in [0.25, 0.3) is 0 Å². The molecular formula is C33H59N3O10. The van der Waals surface area contributed by atoms with Crippen molar-refractivity contribution >= 4 is 17.7 Å². The number of aliphatic hydroxyl groups excluding tert-OH is 4. The van der Waals surface area contributed by atoms with Crippen molar-refractivity contribution in [1.82, 2.24) is 15.5 Å². The highest BCUT2D eigenvalue weighted by atomic mass is 16.7. The third-order valence-electron chi connectivity index (χ3n) is 8.59. The molecule has 0 aromatic carbocycles. The Bertz CT molecular complexity index is 899. The molecule has 0 radical (unpaired) electrons. The Kier molecular flexibility index (Phi) is 20.0. The summed E-state index contributed by atoms with van der Waals surface area (Å²) < 4.78 is 17.2. The first kappa shape index (κ1) is 39.9. The van der Waals surface area contributed by atoms with E-state index in [1.165, 1.54) is 39.5 Å². The highest BCUT2D eigenvalue weighted by molar-refractivity contribution is 5.77. The summed E-state index contributed by atoms with van der Waals surface area (Å²) in [6, 6.07) is -1.07. The summed E-state index contributed by atoms with van der Waals surface area (Å²) >= 11 is 0. The predicted octanol–water partition coefficient (Wildman–Crippen LogP) is 1.50. The number of likely N-dealkylation sites (tertiary alicyclic amines) is 1. The van der Waals surface area contributed by atoms with Crippen LogP contribution in [-0.4, -0.2) is 119 Å². The number of rotatable bonds is 24. The highest BCUT2D eigenvalue weighted by Crippen LogP contribution is 2.27. The Morgan fingerprint density at radius 1 is 0.978 bits per heavy atom. The number of hydrogen-bond donors (Lipinski definition) is 6. The standard InChI is InChI=1S/C33H59N3O10/c1-24(40)30(23-39)46-33(29(22-38)35-25(2)41)45-17-10-4-5-13-31(42)34-16-9-3-6-14-32(43)36-20-28(19-27(36)21-37)44-18-15-26-11-7-8-12-26/h15,18,24,26-30,33,37-40H,3-14,16-17,19-23H2,1-2H3,(H,34,42)(H,35,41)/b18-15-/t24-,27+,28-,29+,30?,33?/m1/s1. The van der Waals surface area contributed by atoms with E-state index < -0.39 is 37.8 Å². The van der Waals surface area contributed by atoms with Crippen LogP contribution in [0.2, 0.25) is 0 Å². The number of amides is 3. The molecule has 266 valence electrons. The predicted molar refractivity (Wildman–Crippen MR) is 171 cm³/mol. The van der Waals surface area contributed by atoms with Crippen LogP contribution in [0.4, 0.5) is 0 Å². The summed E-state index contributed by atoms with van der Waals surface area (Å²) in [6.45, 7) is 3.07. The van der Waals surface area contributed by atoms with Gasteiger partial charge in [0.05, 0.1) is 44.8 Å². The van der Waals surface area contributed by atoms with E-state index in [0.29, 0.717) is 57.5 Å². The van der Waals surface area contributed by atoms with Gasteiger partial charge in [-0.25, -0.2) is 0 Å². The fourth-order valence-corrected chi connectivity index (χ4v) is 5.86. The normalized spacial score (nSPS) is 21.3. The van der Waals surface area contributed by atoms with Crippen LogP contribution < -0.4 is 10.6 Å². The summed E-state index contributed by atoms with van der Waals surface area (Å²) in [6.07, 6.45) is 11.5. The average molecular weight is 658 g/mol. The number of unbranched alkanes of at least 4 members (excludes halogenated alkanes) is 4. The van der Waals surface area contributed by atoms with Crippen molar-refractivity contribution in [1.29, 1.82) is 0 Å². The minimum Gasteiger partial charge on any atom is -0.496 e. The van der Waals surface area contributed by atoms with Crippen molar-refractivity contribution in [3.63, 3.8) is 0 Å². The molecule has 0 aromatic rings. The summed E-state index contributed by atoms with van der Waals surface area (Å²) in [7, 11) is 0. The van der Waals surface area contributed by atoms with E-state index in [4.69, 9.17) is 14.2 Å². The number of carbonyl (C=O) groups excluding carboxylic acids is 3. The fraction of sp³-hybridized carbons (Fsp3) is 0.848. The van der Waals surface area contributed by atoms with E-state index >= 15 is 0 Å². The van der Waals surface area contributed by atoms with E-state index in [2.05, 4.69) is 16.7 Å². The van der Waals surface area contributed by atoms with E-state index in [9.17, 15) is 34.8 Å². The molecule has 13 nitrogen and oxygen atoms in total. The Morgan fingerprint density at radius 2 is 1.70 bits per heavy atom. The molecule has 0 spiro atoms. The largest absolute Gasteiger partial charge is 0.496 e. The van der Waals surface area contributed by atoms with Crippen molar-refractivity contribution in [3.8, 4) is 0 Å². The quantitative estimate of drug-likeness (QED) is 0.0505. The minimum atomic E-state index is -1.06. The van der Waals surface area contributed by atoms with E-state index in [-0.39, 0.29) is 43.1 Å². The highest BCUT2D eigenvalue weighted by Gasteiger charge is 2.35. The molecule has 3 amide bonds. The lowest BCUT2D eigenvalue weighted by molar-refractivity contribution is -0.214. The van der Waals surface area contributed by atoms with Gasteiger partial charge in [-0.2, -0.15) is 0 Å². The van der Waals surface area contributed by atoms with Crippen LogP contribution in [0.3, 0.4) is 0 Å². The molecule has 6 atom stereocenters. The maximum Gasteiger partial charge on any atom is 0.223 e. The van der Waals surface area contributed by atoms with Crippen molar-refractivity contribution < 1.29 is 49.0 Å². The number of nitrogens with zero attached hydrogens (tertiary/aromatic N) is 1. The summed E-state index contributed by atoms with van der Waals surface area (Å²) in [5, 5.41) is 44.1. The molecule has 2 aliphatic rings. The third kappa shape index (κ3) is 15.5. The van der Waals surface area contributed by atoms with Crippen molar-refractivity contribution in [3.05, 3.63) is 12.3 Å². The fourth-order valence-electron chi connectivity index (χ4n) is 5.86. The van der Waals surface area contributed by atoms with Crippen molar-refractivity contribution in [2.24, 2.45) is 5.92 Å². The number of hydrogen-bond acceptors (Lipinski definition) is 10. The van der Waals surface area contributed by atoms with Crippen LogP contribution in [0.15, 0.2) is 12.3 Å². The summed E-state index contributed by atoms with van der Waals surface area (Å²) in [5.74, 6) is 0.211. The Balaban J connectivity index is 1.55. The lowest BCUT2D eigenvalue weighted by atomic mass is 10.1. The lowest BCUT2D eigenvalue weighted by Gasteiger charge is -2.30. The van der Waals surface area contributed by atoms with Gasteiger partial charge in [-0.15, -0.1) is 0 Å². The van der Waals surface area contributed by atoms with Crippen LogP contribution in [0.25, 0.3) is 0 Å². The van der Waals surface area contributed by atoms with Gasteiger partial charge in [0, 0.05) is 39.3 Å². The van der Waals surface area contributed by atoms with Crippen molar-refractivity contribution in [2.45, 2.75) is 134 Å². The summed E-state index contributed by atoms with van der Waals surface area (Å²) in [4.78, 5) is 38.3. The van der Waals surface area contributed by atoms with E-state index in [1.54, 1.807) is 11.2 Å². The molecule has 2 rings (SSSR count). The zero-order valence-electron chi connectivity index (χ0n) is 27.8. The molecule has 2 fully saturated rings. The average Bonchev–Trinajstić information content (AvgIpc) is 3.70. The number of ether oxygens (including phenoxy) is 3. The molecule has 0 bridgehead atoms. The van der Waals surface area contributed by atoms with Crippen LogP contribution in [0, 0.1) is 5.92 Å². The Labute approximate surface area is 274 Å². The van der Waals surface area contributed by atoms with Gasteiger partial charge < -0.3 is 50.2 Å². The molecule has 13 heteroatoms. The smallest absolute Gasteiger partial charge is 0.223 e. The number of carbonyl (C=O) groups is 3. The molecule has 2 unspecified atom stereocenters. The zero-order valence-corrected chi connectivity index (χ0v) is 27.8. The van der Waals surface area contributed by atoms with Gasteiger partial charge in [-0.3, -0.25) is 14.4 Å². The van der Waals surface area contributed by atoms with E-state index in [1.807, 2.05) is 0 Å². The second-order valence-corrected chi connectivity index (χ2v) is 12.5. The number of allylic oxidation sites excluding steroid dienone is 1. The number of aliphatic hydroxyl groups is 4. The monoisotopic (exact) mass is 657 g/mol. The first-order valence-corrected chi connectivity index (χ1v) is 17.1. The van der Waals surface area contributed by atoms with Gasteiger partial charge in [0.15, 0.2) is 6.29 Å². The van der Waals surface area contributed by atoms with Gasteiger partial charge in [-0.1, -0.05) is 25.7 Å². The first-order valence-electron chi connectivity index (χ1n) is 17.1. The van der Waals surface area contributed by atoms with Crippen LogP contribution in [0.5, 0.6) is 0 Å². The van der Waals surface area contributed by atoms with E-state index in [0.717, 1.165) is 19.3 Å². The second kappa shape index (κ2) is 23.1. The maximum absolute atomic E-state index is 12.8. The topological polar surface area (TPSA) is 187 Å². The summed E-state index contributed by atoms with van der Waals surface area (Å²) in [5.41, 5.74) is 0. The molecule has 6 N–H and O–H groups in total. The second-order valence-electron chi connectivity index (χ2n) is 12.5. The molecule has 1 aliphatic carbocycles. The van der Waals surface area contributed by atoms with Gasteiger partial charge in [-0.05, 0) is 57.4 Å². The van der Waals surface area contributed by atoms with Crippen molar-refractivity contribution in [2.75, 3.05) is 39.5 Å². The van der Waals surface area contributed by atoms with Crippen LogP contribution >= 0.6 is 0 Å². The van der Waals surface area contributed by atoms with Gasteiger partial charge in [0.1, 0.15) is 18.2 Å². The van der Waals surface area contributed by atoms with Crippen LogP contribution in [0.1, 0.15) is 97.3 Å². The lowest BCUT2D eigenvalue weighted by Crippen LogP contribution is -2.50. The molecule has 0 aromatic heterocycles. The molecule has 1 saturated heterocycles. The molecule has 1 aliphatic heterocycles. The molecule has 1 heterocycles. The first-order chi connectivity index (χ1) is 22.2. The Hall–Kier alpha value is -2.29. The molecule has 1 saturated carbocycles. The maximum atomic E-state index is 12.8. The molecular weight excluding hydrogens is 598 g/mol. The van der Waals surface area contributed by atoms with Crippen LogP contribution in [-0.2, 0) is 28.6 Å². The number of nitrogens with one attached hydrogen (secondary N) is 2. The molecule has 46 heavy (non-hydrogen) atoms. The third-order valence-corrected chi connectivity index (χ3v) is 8.59. The zero-order chi connectivity index (χ0) is 33.7. The van der Waals surface area contributed by atoms with Gasteiger partial charge >= 0.3 is 0 Å². The Morgan fingerprint density at radius 3 is 2.35 bits per heavy atom. The minimum absolute atomic E-state index is 0.0361. The van der Waals surface area contributed by atoms with Gasteiger partial charge in [0.2, 0.25) is 17.7 Å².